The van der Waals surface area contributed by atoms with Crippen LogP contribution in [0.5, 0.6) is 0 Å². The fraction of sp³-hybridized carbons (Fsp3) is 0.143. The highest BCUT2D eigenvalue weighted by atomic mass is 79.9. The molecule has 0 aliphatic heterocycles. The van der Waals surface area contributed by atoms with Gasteiger partial charge < -0.3 is 4.42 Å². The van der Waals surface area contributed by atoms with Gasteiger partial charge in [0.1, 0.15) is 17.4 Å². The number of benzene rings is 1. The summed E-state index contributed by atoms with van der Waals surface area (Å²) in [5, 5.41) is 9.06. The first-order chi connectivity index (χ1) is 8.61. The largest absolute Gasteiger partial charge is 0.442 e. The Hall–Kier alpha value is -1.86. The van der Waals surface area contributed by atoms with Crippen LogP contribution in [0.2, 0.25) is 0 Å². The van der Waals surface area contributed by atoms with Gasteiger partial charge in [-0.15, -0.1) is 0 Å². The van der Waals surface area contributed by atoms with E-state index in [1.165, 1.54) is 0 Å². The molecule has 0 aliphatic rings. The Morgan fingerprint density at radius 3 is 2.83 bits per heavy atom. The zero-order chi connectivity index (χ0) is 13.1. The molecule has 2 aromatic rings. The van der Waals surface area contributed by atoms with Crippen LogP contribution in [-0.2, 0) is 0 Å². The van der Waals surface area contributed by atoms with Gasteiger partial charge in [0, 0.05) is 16.3 Å². The van der Waals surface area contributed by atoms with Crippen LogP contribution in [-0.4, -0.2) is 6.21 Å². The molecular weight excluding hydrogens is 292 g/mol. The third kappa shape index (κ3) is 2.52. The highest BCUT2D eigenvalue weighted by Gasteiger charge is 2.12. The third-order valence-electron chi connectivity index (χ3n) is 2.66. The average Bonchev–Trinajstić information content (AvgIpc) is 2.62. The lowest BCUT2D eigenvalue weighted by Crippen LogP contribution is -1.80. The van der Waals surface area contributed by atoms with Crippen LogP contribution in [0.1, 0.15) is 22.5 Å². The van der Waals surface area contributed by atoms with Crippen molar-refractivity contribution in [3.63, 3.8) is 0 Å². The van der Waals surface area contributed by atoms with Crippen LogP contribution in [0.3, 0.4) is 0 Å². The molecule has 0 unspecified atom stereocenters. The lowest BCUT2D eigenvalue weighted by molar-refractivity contribution is 0.542. The van der Waals surface area contributed by atoms with Gasteiger partial charge in [0.15, 0.2) is 0 Å². The second-order valence-corrected chi connectivity index (χ2v) is 4.80. The van der Waals surface area contributed by atoms with Crippen molar-refractivity contribution in [2.45, 2.75) is 13.8 Å². The second-order valence-electron chi connectivity index (χ2n) is 3.89. The smallest absolute Gasteiger partial charge is 0.237 e. The van der Waals surface area contributed by atoms with Crippen molar-refractivity contribution in [1.29, 1.82) is 5.26 Å². The van der Waals surface area contributed by atoms with E-state index in [0.717, 1.165) is 21.4 Å². The summed E-state index contributed by atoms with van der Waals surface area (Å²) in [6.45, 7) is 3.68. The predicted molar refractivity (Wildman–Crippen MR) is 74.3 cm³/mol. The summed E-state index contributed by atoms with van der Waals surface area (Å²) >= 11 is 3.39. The summed E-state index contributed by atoms with van der Waals surface area (Å²) in [5.74, 6) is 1.10. The number of rotatable bonds is 2. The van der Waals surface area contributed by atoms with E-state index in [9.17, 15) is 0 Å². The molecule has 0 saturated carbocycles. The Labute approximate surface area is 114 Å². The maximum Gasteiger partial charge on any atom is 0.237 e. The number of hydrogen-bond acceptors (Lipinski definition) is 3. The Balaban J connectivity index is 2.35. The van der Waals surface area contributed by atoms with Gasteiger partial charge >= 0.3 is 0 Å². The molecular formula is C14H11BrN2O. The van der Waals surface area contributed by atoms with E-state index in [0.29, 0.717) is 11.4 Å². The maximum atomic E-state index is 9.06. The summed E-state index contributed by atoms with van der Waals surface area (Å²) in [6, 6.07) is 9.86. The molecule has 1 heterocycles. The molecule has 0 bridgehead atoms. The van der Waals surface area contributed by atoms with Gasteiger partial charge in [-0.2, -0.15) is 5.26 Å². The van der Waals surface area contributed by atoms with Crippen molar-refractivity contribution < 1.29 is 4.42 Å². The minimum atomic E-state index is 0.368. The van der Waals surface area contributed by atoms with E-state index in [1.54, 1.807) is 6.21 Å². The molecule has 0 spiro atoms. The highest BCUT2D eigenvalue weighted by Crippen LogP contribution is 2.27. The summed E-state index contributed by atoms with van der Waals surface area (Å²) < 4.78 is 6.44. The maximum absolute atomic E-state index is 9.06. The summed E-state index contributed by atoms with van der Waals surface area (Å²) in [7, 11) is 0. The molecule has 90 valence electrons. The van der Waals surface area contributed by atoms with E-state index in [-0.39, 0.29) is 0 Å². The Morgan fingerprint density at radius 1 is 1.39 bits per heavy atom. The fourth-order valence-electron chi connectivity index (χ4n) is 1.55. The van der Waals surface area contributed by atoms with Gasteiger partial charge in [-0.05, 0) is 31.5 Å². The standard InChI is InChI=1S/C14H11BrN2O/c1-9-10(2)18-14(13(9)7-16)17-8-11-4-3-5-12(15)6-11/h3-6,8H,1-2H3/b17-8+. The number of hydrogen-bond donors (Lipinski definition) is 0. The summed E-state index contributed by atoms with van der Waals surface area (Å²) in [6.07, 6.45) is 1.68. The zero-order valence-corrected chi connectivity index (χ0v) is 11.7. The van der Waals surface area contributed by atoms with Crippen LogP contribution in [0.4, 0.5) is 5.88 Å². The van der Waals surface area contributed by atoms with Crippen LogP contribution < -0.4 is 0 Å². The van der Waals surface area contributed by atoms with Crippen LogP contribution in [0.15, 0.2) is 38.1 Å². The molecule has 2 rings (SSSR count). The molecule has 0 amide bonds. The number of nitrogens with zero attached hydrogens (tertiary/aromatic N) is 2. The Bertz CT molecular complexity index is 650. The van der Waals surface area contributed by atoms with Crippen LogP contribution in [0, 0.1) is 25.2 Å². The van der Waals surface area contributed by atoms with E-state index in [2.05, 4.69) is 27.0 Å². The lowest BCUT2D eigenvalue weighted by Gasteiger charge is -1.93. The molecule has 1 aromatic carbocycles. The molecule has 0 atom stereocenters. The van der Waals surface area contributed by atoms with Crippen molar-refractivity contribution >= 4 is 28.0 Å². The van der Waals surface area contributed by atoms with Gasteiger partial charge in [-0.3, -0.25) is 0 Å². The van der Waals surface area contributed by atoms with E-state index >= 15 is 0 Å². The number of aliphatic imine (C=N–C) groups is 1. The molecule has 0 radical (unpaired) electrons. The molecule has 0 fully saturated rings. The normalized spacial score (nSPS) is 10.8. The summed E-state index contributed by atoms with van der Waals surface area (Å²) in [5.41, 5.74) is 2.29. The highest BCUT2D eigenvalue weighted by molar-refractivity contribution is 9.10. The van der Waals surface area contributed by atoms with Crippen molar-refractivity contribution in [2.24, 2.45) is 4.99 Å². The van der Waals surface area contributed by atoms with Crippen molar-refractivity contribution in [3.8, 4) is 6.07 Å². The second kappa shape index (κ2) is 5.19. The lowest BCUT2D eigenvalue weighted by atomic mass is 10.2. The van der Waals surface area contributed by atoms with Crippen molar-refractivity contribution in [2.75, 3.05) is 0 Å². The molecule has 4 heteroatoms. The minimum absolute atomic E-state index is 0.368. The number of furan rings is 1. The third-order valence-corrected chi connectivity index (χ3v) is 3.15. The summed E-state index contributed by atoms with van der Waals surface area (Å²) in [4.78, 5) is 4.24. The molecule has 1 aromatic heterocycles. The van der Waals surface area contributed by atoms with Gasteiger partial charge in [0.05, 0.1) is 0 Å². The first-order valence-electron chi connectivity index (χ1n) is 5.41. The first kappa shape index (κ1) is 12.6. The minimum Gasteiger partial charge on any atom is -0.442 e. The van der Waals surface area contributed by atoms with Gasteiger partial charge in [0.2, 0.25) is 5.88 Å². The fourth-order valence-corrected chi connectivity index (χ4v) is 1.97. The Morgan fingerprint density at radius 2 is 2.17 bits per heavy atom. The van der Waals surface area contributed by atoms with Crippen molar-refractivity contribution in [1.82, 2.24) is 0 Å². The zero-order valence-electron chi connectivity index (χ0n) is 10.1. The first-order valence-corrected chi connectivity index (χ1v) is 6.21. The number of nitriles is 1. The van der Waals surface area contributed by atoms with Gasteiger partial charge in [0.25, 0.3) is 0 Å². The molecule has 0 aliphatic carbocycles. The monoisotopic (exact) mass is 302 g/mol. The quantitative estimate of drug-likeness (QED) is 0.777. The SMILES string of the molecule is Cc1oc(/N=C/c2cccc(Br)c2)c(C#N)c1C. The molecule has 0 saturated heterocycles. The number of halogens is 1. The van der Waals surface area contributed by atoms with Gasteiger partial charge in [-0.25, -0.2) is 4.99 Å². The van der Waals surface area contributed by atoms with Crippen molar-refractivity contribution in [3.05, 3.63) is 51.2 Å². The topological polar surface area (TPSA) is 49.3 Å². The molecule has 3 nitrogen and oxygen atoms in total. The van der Waals surface area contributed by atoms with E-state index in [4.69, 9.17) is 9.68 Å². The molecule has 18 heavy (non-hydrogen) atoms. The van der Waals surface area contributed by atoms with E-state index < -0.39 is 0 Å². The van der Waals surface area contributed by atoms with E-state index in [1.807, 2.05) is 38.1 Å². The molecule has 0 N–H and O–H groups in total. The Kier molecular flexibility index (Phi) is 3.63. The van der Waals surface area contributed by atoms with Gasteiger partial charge in [-0.1, -0.05) is 28.1 Å². The number of aryl methyl sites for hydroxylation is 1. The van der Waals surface area contributed by atoms with Crippen LogP contribution in [0.25, 0.3) is 0 Å². The average molecular weight is 303 g/mol. The predicted octanol–water partition coefficient (Wildman–Crippen LogP) is 4.28. The van der Waals surface area contributed by atoms with Crippen LogP contribution >= 0.6 is 15.9 Å².